The van der Waals surface area contributed by atoms with Gasteiger partial charge in [-0.25, -0.2) is 0 Å². The van der Waals surface area contributed by atoms with E-state index in [0.29, 0.717) is 13.0 Å². The summed E-state index contributed by atoms with van der Waals surface area (Å²) in [5.74, 6) is 0.0515. The molecule has 4 heteroatoms. The van der Waals surface area contributed by atoms with Crippen LogP contribution in [0.3, 0.4) is 0 Å². The van der Waals surface area contributed by atoms with Gasteiger partial charge < -0.3 is 15.1 Å². The van der Waals surface area contributed by atoms with E-state index in [4.69, 9.17) is 0 Å². The summed E-state index contributed by atoms with van der Waals surface area (Å²) in [5, 5.41) is 3.11. The van der Waals surface area contributed by atoms with E-state index in [9.17, 15) is 4.79 Å². The average Bonchev–Trinajstić information content (AvgIpc) is 2.80. The average molecular weight is 400 g/mol. The summed E-state index contributed by atoms with van der Waals surface area (Å²) in [7, 11) is 2.16. The van der Waals surface area contributed by atoms with Gasteiger partial charge in [-0.15, -0.1) is 0 Å². The van der Waals surface area contributed by atoms with Crippen LogP contribution in [0.1, 0.15) is 11.1 Å². The molecule has 0 saturated carbocycles. The molecule has 3 aromatic carbocycles. The van der Waals surface area contributed by atoms with Crippen LogP contribution in [0.15, 0.2) is 78.9 Å². The summed E-state index contributed by atoms with van der Waals surface area (Å²) in [4.78, 5) is 17.3. The van der Waals surface area contributed by atoms with Gasteiger partial charge in [-0.05, 0) is 35.4 Å². The fourth-order valence-electron chi connectivity index (χ4n) is 3.90. The first kappa shape index (κ1) is 20.2. The SMILES string of the molecule is CN1CCN(c2ccccc2CNC(=O)Cc2ccc(-c3ccccc3)cc2)CC1. The molecular formula is C26H29N3O. The molecule has 4 rings (SSSR count). The van der Waals surface area contributed by atoms with Gasteiger partial charge in [-0.2, -0.15) is 0 Å². The highest BCUT2D eigenvalue weighted by atomic mass is 16.1. The molecule has 1 fully saturated rings. The number of nitrogens with one attached hydrogen (secondary N) is 1. The van der Waals surface area contributed by atoms with Crippen LogP contribution in [-0.4, -0.2) is 44.0 Å². The smallest absolute Gasteiger partial charge is 0.224 e. The van der Waals surface area contributed by atoms with E-state index >= 15 is 0 Å². The number of likely N-dealkylation sites (N-methyl/N-ethyl adjacent to an activating group) is 1. The maximum atomic E-state index is 12.5. The lowest BCUT2D eigenvalue weighted by Crippen LogP contribution is -2.45. The van der Waals surface area contributed by atoms with Crippen LogP contribution in [0, 0.1) is 0 Å². The Bertz CT molecular complexity index is 961. The molecule has 1 heterocycles. The van der Waals surface area contributed by atoms with Gasteiger partial charge in [0.15, 0.2) is 0 Å². The highest BCUT2D eigenvalue weighted by Gasteiger charge is 2.17. The van der Waals surface area contributed by atoms with Gasteiger partial charge >= 0.3 is 0 Å². The molecule has 0 bridgehead atoms. The lowest BCUT2D eigenvalue weighted by Gasteiger charge is -2.35. The van der Waals surface area contributed by atoms with Crippen LogP contribution < -0.4 is 10.2 Å². The molecule has 0 aliphatic carbocycles. The maximum absolute atomic E-state index is 12.5. The molecule has 0 unspecified atom stereocenters. The first-order chi connectivity index (χ1) is 14.7. The number of nitrogens with zero attached hydrogens (tertiary/aromatic N) is 2. The number of benzene rings is 3. The molecule has 4 nitrogen and oxygen atoms in total. The van der Waals surface area contributed by atoms with Crippen LogP contribution in [0.25, 0.3) is 11.1 Å². The monoisotopic (exact) mass is 399 g/mol. The number of hydrogen-bond donors (Lipinski definition) is 1. The van der Waals surface area contributed by atoms with E-state index < -0.39 is 0 Å². The van der Waals surface area contributed by atoms with Crippen molar-refractivity contribution in [2.45, 2.75) is 13.0 Å². The molecule has 30 heavy (non-hydrogen) atoms. The van der Waals surface area contributed by atoms with Crippen LogP contribution in [-0.2, 0) is 17.8 Å². The first-order valence-electron chi connectivity index (χ1n) is 10.6. The number of piperazine rings is 1. The molecule has 0 spiro atoms. The van der Waals surface area contributed by atoms with Crippen molar-refractivity contribution in [2.24, 2.45) is 0 Å². The Hall–Kier alpha value is -3.11. The second kappa shape index (κ2) is 9.59. The largest absolute Gasteiger partial charge is 0.369 e. The normalized spacial score (nSPS) is 14.5. The quantitative estimate of drug-likeness (QED) is 0.681. The van der Waals surface area contributed by atoms with Gasteiger partial charge in [-0.1, -0.05) is 72.8 Å². The van der Waals surface area contributed by atoms with Crippen molar-refractivity contribution in [1.82, 2.24) is 10.2 Å². The third-order valence-corrected chi connectivity index (χ3v) is 5.74. The van der Waals surface area contributed by atoms with E-state index in [-0.39, 0.29) is 5.91 Å². The summed E-state index contributed by atoms with van der Waals surface area (Å²) < 4.78 is 0. The van der Waals surface area contributed by atoms with Crippen molar-refractivity contribution in [2.75, 3.05) is 38.1 Å². The predicted molar refractivity (Wildman–Crippen MR) is 124 cm³/mol. The molecule has 1 amide bonds. The number of anilines is 1. The minimum Gasteiger partial charge on any atom is -0.369 e. The van der Waals surface area contributed by atoms with Crippen molar-refractivity contribution in [3.8, 4) is 11.1 Å². The van der Waals surface area contributed by atoms with E-state index in [2.05, 4.69) is 64.6 Å². The number of carbonyl (C=O) groups is 1. The molecule has 154 valence electrons. The Morgan fingerprint density at radius 1 is 0.800 bits per heavy atom. The molecule has 1 saturated heterocycles. The lowest BCUT2D eigenvalue weighted by atomic mass is 10.0. The van der Waals surface area contributed by atoms with Crippen molar-refractivity contribution < 1.29 is 4.79 Å². The Kier molecular flexibility index (Phi) is 6.45. The van der Waals surface area contributed by atoms with Crippen molar-refractivity contribution in [3.63, 3.8) is 0 Å². The van der Waals surface area contributed by atoms with Crippen molar-refractivity contribution in [1.29, 1.82) is 0 Å². The van der Waals surface area contributed by atoms with E-state index in [1.807, 2.05) is 36.4 Å². The second-order valence-corrected chi connectivity index (χ2v) is 7.94. The number of hydrogen-bond acceptors (Lipinski definition) is 3. The topological polar surface area (TPSA) is 35.6 Å². The Labute approximate surface area is 179 Å². The van der Waals surface area contributed by atoms with Gasteiger partial charge in [0.05, 0.1) is 6.42 Å². The summed E-state index contributed by atoms with van der Waals surface area (Å²) in [5.41, 5.74) is 5.79. The zero-order valence-corrected chi connectivity index (χ0v) is 17.6. The van der Waals surface area contributed by atoms with Crippen LogP contribution in [0.2, 0.25) is 0 Å². The number of para-hydroxylation sites is 1. The van der Waals surface area contributed by atoms with E-state index in [1.165, 1.54) is 22.4 Å². The zero-order valence-electron chi connectivity index (χ0n) is 17.6. The van der Waals surface area contributed by atoms with Gasteiger partial charge in [-0.3, -0.25) is 4.79 Å². The van der Waals surface area contributed by atoms with Crippen molar-refractivity contribution >= 4 is 11.6 Å². The molecule has 1 aliphatic heterocycles. The van der Waals surface area contributed by atoms with Gasteiger partial charge in [0.1, 0.15) is 0 Å². The zero-order chi connectivity index (χ0) is 20.8. The highest BCUT2D eigenvalue weighted by Crippen LogP contribution is 2.22. The molecule has 1 aliphatic rings. The van der Waals surface area contributed by atoms with Crippen LogP contribution in [0.4, 0.5) is 5.69 Å². The first-order valence-corrected chi connectivity index (χ1v) is 10.6. The number of rotatable bonds is 6. The number of carbonyl (C=O) groups excluding carboxylic acids is 1. The molecule has 0 aromatic heterocycles. The Morgan fingerprint density at radius 3 is 2.17 bits per heavy atom. The Balaban J connectivity index is 1.34. The van der Waals surface area contributed by atoms with Gasteiger partial charge in [0, 0.05) is 38.4 Å². The summed E-state index contributed by atoms with van der Waals surface area (Å²) in [6, 6.07) is 26.9. The standard InChI is InChI=1S/C26H29N3O/c1-28-15-17-29(18-16-28)25-10-6-5-9-24(25)20-27-26(30)19-21-11-13-23(14-12-21)22-7-3-2-4-8-22/h2-14H,15-20H2,1H3,(H,27,30). The Morgan fingerprint density at radius 2 is 1.43 bits per heavy atom. The fourth-order valence-corrected chi connectivity index (χ4v) is 3.90. The third-order valence-electron chi connectivity index (χ3n) is 5.74. The van der Waals surface area contributed by atoms with E-state index in [0.717, 1.165) is 31.7 Å². The van der Waals surface area contributed by atoms with Crippen molar-refractivity contribution in [3.05, 3.63) is 90.0 Å². The number of amides is 1. The van der Waals surface area contributed by atoms with E-state index in [1.54, 1.807) is 0 Å². The summed E-state index contributed by atoms with van der Waals surface area (Å²) in [6.07, 6.45) is 0.395. The minimum atomic E-state index is 0.0515. The molecular weight excluding hydrogens is 370 g/mol. The maximum Gasteiger partial charge on any atom is 0.224 e. The molecule has 3 aromatic rings. The lowest BCUT2D eigenvalue weighted by molar-refractivity contribution is -0.120. The third kappa shape index (κ3) is 5.08. The highest BCUT2D eigenvalue weighted by molar-refractivity contribution is 5.79. The van der Waals surface area contributed by atoms with Crippen LogP contribution >= 0.6 is 0 Å². The fraction of sp³-hybridized carbons (Fsp3) is 0.269. The molecule has 1 N–H and O–H groups in total. The minimum absolute atomic E-state index is 0.0515. The molecule has 0 radical (unpaired) electrons. The molecule has 0 atom stereocenters. The predicted octanol–water partition coefficient (Wildman–Crippen LogP) is 3.96. The summed E-state index contributed by atoms with van der Waals surface area (Å²) >= 11 is 0. The van der Waals surface area contributed by atoms with Gasteiger partial charge in [0.25, 0.3) is 0 Å². The van der Waals surface area contributed by atoms with Gasteiger partial charge in [0.2, 0.25) is 5.91 Å². The van der Waals surface area contributed by atoms with Crippen LogP contribution in [0.5, 0.6) is 0 Å². The second-order valence-electron chi connectivity index (χ2n) is 7.94. The summed E-state index contributed by atoms with van der Waals surface area (Å²) in [6.45, 7) is 4.74.